The standard InChI is InChI=1S/C25H32BrF2N5O5S/c1-23(2,3)33(22(35)38-24(4,5)6)39(36,37)19-14-17(7-10-29-19)31-21(34)18-13-16(26)15-30-20(18)32-11-8-25(27,28)9-12-32/h7,10,13-15H,8-9,11-12H2,1-6H3,(H,29,31,34). The zero-order valence-electron chi connectivity index (χ0n) is 22.6. The molecule has 2 amide bonds. The number of anilines is 2. The van der Waals surface area contributed by atoms with Gasteiger partial charge in [-0.2, -0.15) is 12.7 Å². The Bertz CT molecular complexity index is 1350. The second-order valence-electron chi connectivity index (χ2n) is 11.1. The fourth-order valence-corrected chi connectivity index (χ4v) is 5.80. The summed E-state index contributed by atoms with van der Waals surface area (Å²) in [4.78, 5) is 36.0. The summed E-state index contributed by atoms with van der Waals surface area (Å²) in [5.41, 5.74) is -1.94. The van der Waals surface area contributed by atoms with Gasteiger partial charge in [0.05, 0.1) is 11.1 Å². The SMILES string of the molecule is CC(C)(C)OC(=O)N(C(C)(C)C)S(=O)(=O)c1cc(NC(=O)c2cc(Br)cnc2N2CCC(F)(F)CC2)ccn1. The summed E-state index contributed by atoms with van der Waals surface area (Å²) >= 11 is 3.28. The van der Waals surface area contributed by atoms with E-state index in [9.17, 15) is 26.8 Å². The molecule has 3 heterocycles. The van der Waals surface area contributed by atoms with Crippen LogP contribution >= 0.6 is 15.9 Å². The van der Waals surface area contributed by atoms with Gasteiger partial charge in [0.15, 0.2) is 5.03 Å². The molecule has 0 bridgehead atoms. The first-order valence-electron chi connectivity index (χ1n) is 12.1. The van der Waals surface area contributed by atoms with E-state index in [1.165, 1.54) is 24.5 Å². The first-order valence-corrected chi connectivity index (χ1v) is 14.4. The molecule has 0 saturated carbocycles. The third kappa shape index (κ3) is 7.62. The maximum Gasteiger partial charge on any atom is 0.424 e. The number of hydrogen-bond acceptors (Lipinski definition) is 8. The van der Waals surface area contributed by atoms with Crippen LogP contribution in [-0.4, -0.2) is 64.8 Å². The maximum absolute atomic E-state index is 13.7. The molecule has 0 unspecified atom stereocenters. The Hall–Kier alpha value is -2.87. The number of halogens is 3. The van der Waals surface area contributed by atoms with E-state index < -0.39 is 44.1 Å². The van der Waals surface area contributed by atoms with Gasteiger partial charge in [0.1, 0.15) is 11.4 Å². The highest BCUT2D eigenvalue weighted by Gasteiger charge is 2.42. The Morgan fingerprint density at radius 3 is 2.28 bits per heavy atom. The fraction of sp³-hybridized carbons (Fsp3) is 0.520. The first kappa shape index (κ1) is 30.7. The molecule has 0 atom stereocenters. The van der Waals surface area contributed by atoms with E-state index in [1.807, 2.05) is 0 Å². The first-order chi connectivity index (χ1) is 17.8. The molecule has 0 spiro atoms. The number of aromatic nitrogens is 2. The van der Waals surface area contributed by atoms with Crippen molar-refractivity contribution in [2.45, 2.75) is 76.5 Å². The van der Waals surface area contributed by atoms with Crippen LogP contribution in [0.2, 0.25) is 0 Å². The Kier molecular flexibility index (Phi) is 8.61. The Balaban J connectivity index is 1.91. The second-order valence-corrected chi connectivity index (χ2v) is 13.8. The largest absolute Gasteiger partial charge is 0.443 e. The number of piperidine rings is 1. The van der Waals surface area contributed by atoms with Gasteiger partial charge in [0.25, 0.3) is 21.9 Å². The summed E-state index contributed by atoms with van der Waals surface area (Å²) in [6.45, 7) is 9.52. The monoisotopic (exact) mass is 631 g/mol. The van der Waals surface area contributed by atoms with Crippen molar-refractivity contribution in [1.82, 2.24) is 14.3 Å². The number of pyridine rings is 2. The molecule has 1 N–H and O–H groups in total. The van der Waals surface area contributed by atoms with Gasteiger partial charge in [0.2, 0.25) is 0 Å². The van der Waals surface area contributed by atoms with Gasteiger partial charge < -0.3 is 15.0 Å². The summed E-state index contributed by atoms with van der Waals surface area (Å²) in [7, 11) is -4.50. The topological polar surface area (TPSA) is 122 Å². The van der Waals surface area contributed by atoms with Crippen molar-refractivity contribution in [2.75, 3.05) is 23.3 Å². The molecule has 0 aliphatic carbocycles. The summed E-state index contributed by atoms with van der Waals surface area (Å²) in [6.07, 6.45) is 0.862. The van der Waals surface area contributed by atoms with Crippen molar-refractivity contribution in [2.24, 2.45) is 0 Å². The van der Waals surface area contributed by atoms with Gasteiger partial charge in [-0.1, -0.05) is 0 Å². The molecule has 0 radical (unpaired) electrons. The molecule has 2 aromatic heterocycles. The molecule has 0 aromatic carbocycles. The Morgan fingerprint density at radius 1 is 1.10 bits per heavy atom. The molecule has 14 heteroatoms. The summed E-state index contributed by atoms with van der Waals surface area (Å²) in [6, 6.07) is 4.02. The number of nitrogens with zero attached hydrogens (tertiary/aromatic N) is 4. The van der Waals surface area contributed by atoms with Crippen molar-refractivity contribution in [1.29, 1.82) is 0 Å². The van der Waals surface area contributed by atoms with Crippen LogP contribution in [0.3, 0.4) is 0 Å². The molecule has 214 valence electrons. The van der Waals surface area contributed by atoms with E-state index >= 15 is 0 Å². The molecule has 1 aliphatic heterocycles. The quantitative estimate of drug-likeness (QED) is 0.462. The molecular weight excluding hydrogens is 600 g/mol. The number of hydrogen-bond donors (Lipinski definition) is 1. The van der Waals surface area contributed by atoms with E-state index in [1.54, 1.807) is 46.4 Å². The molecule has 1 saturated heterocycles. The average molecular weight is 633 g/mol. The Labute approximate surface area is 235 Å². The number of sulfonamides is 1. The van der Waals surface area contributed by atoms with Crippen LogP contribution in [0.5, 0.6) is 0 Å². The van der Waals surface area contributed by atoms with Gasteiger partial charge in [-0.25, -0.2) is 23.5 Å². The highest BCUT2D eigenvalue weighted by atomic mass is 79.9. The van der Waals surface area contributed by atoms with Crippen LogP contribution in [-0.2, 0) is 14.8 Å². The van der Waals surface area contributed by atoms with Crippen LogP contribution in [0.25, 0.3) is 0 Å². The third-order valence-corrected chi connectivity index (χ3v) is 7.90. The minimum atomic E-state index is -4.50. The summed E-state index contributed by atoms with van der Waals surface area (Å²) < 4.78 is 60.9. The van der Waals surface area contributed by atoms with Crippen LogP contribution in [0.15, 0.2) is 40.1 Å². The molecule has 2 aromatic rings. The van der Waals surface area contributed by atoms with Gasteiger partial charge in [-0.15, -0.1) is 0 Å². The second kappa shape index (κ2) is 11.0. The molecule has 3 rings (SSSR count). The van der Waals surface area contributed by atoms with Gasteiger partial charge in [-0.3, -0.25) is 4.79 Å². The van der Waals surface area contributed by atoms with Gasteiger partial charge in [-0.05, 0) is 69.6 Å². The number of carbonyl (C=O) groups is 2. The Morgan fingerprint density at radius 2 is 1.72 bits per heavy atom. The summed E-state index contributed by atoms with van der Waals surface area (Å²) in [5.74, 6) is -3.17. The molecular formula is C25H32BrF2N5O5S. The number of carbonyl (C=O) groups excluding carboxylic acids is 2. The van der Waals surface area contributed by atoms with Crippen molar-refractivity contribution < 1.29 is 31.5 Å². The zero-order valence-corrected chi connectivity index (χ0v) is 25.0. The van der Waals surface area contributed by atoms with Crippen molar-refractivity contribution in [3.8, 4) is 0 Å². The lowest BCUT2D eigenvalue weighted by Gasteiger charge is -2.35. The van der Waals surface area contributed by atoms with Crippen molar-refractivity contribution >= 4 is 49.5 Å². The minimum Gasteiger partial charge on any atom is -0.443 e. The maximum atomic E-state index is 13.7. The summed E-state index contributed by atoms with van der Waals surface area (Å²) in [5, 5.41) is 2.15. The lowest BCUT2D eigenvalue weighted by atomic mass is 10.1. The van der Waals surface area contributed by atoms with Crippen LogP contribution in [0.1, 0.15) is 64.7 Å². The van der Waals surface area contributed by atoms with E-state index in [-0.39, 0.29) is 43.0 Å². The highest BCUT2D eigenvalue weighted by Crippen LogP contribution is 2.32. The molecule has 10 nitrogen and oxygen atoms in total. The van der Waals surface area contributed by atoms with Gasteiger partial charge in [0, 0.05) is 54.6 Å². The van der Waals surface area contributed by atoms with Crippen LogP contribution in [0, 0.1) is 0 Å². The van der Waals surface area contributed by atoms with Crippen LogP contribution in [0.4, 0.5) is 25.1 Å². The van der Waals surface area contributed by atoms with Crippen molar-refractivity contribution in [3.05, 3.63) is 40.6 Å². The number of alkyl halides is 2. The van der Waals surface area contributed by atoms with E-state index in [0.717, 1.165) is 6.07 Å². The fourth-order valence-electron chi connectivity index (χ4n) is 3.85. The molecule has 39 heavy (non-hydrogen) atoms. The van der Waals surface area contributed by atoms with Gasteiger partial charge >= 0.3 is 6.09 Å². The number of rotatable bonds is 5. The smallest absolute Gasteiger partial charge is 0.424 e. The highest BCUT2D eigenvalue weighted by molar-refractivity contribution is 9.10. The predicted molar refractivity (Wildman–Crippen MR) is 146 cm³/mol. The lowest BCUT2D eigenvalue weighted by molar-refractivity contribution is -0.0221. The minimum absolute atomic E-state index is 0.0207. The average Bonchev–Trinajstić information content (AvgIpc) is 2.77. The number of ether oxygens (including phenoxy) is 1. The third-order valence-electron chi connectivity index (χ3n) is 5.54. The van der Waals surface area contributed by atoms with Crippen LogP contribution < -0.4 is 10.2 Å². The zero-order chi connectivity index (χ0) is 29.4. The predicted octanol–water partition coefficient (Wildman–Crippen LogP) is 5.45. The molecule has 1 fully saturated rings. The van der Waals surface area contributed by atoms with E-state index in [4.69, 9.17) is 4.74 Å². The van der Waals surface area contributed by atoms with E-state index in [0.29, 0.717) is 8.78 Å². The normalized spacial score (nSPS) is 16.0. The number of nitrogens with one attached hydrogen (secondary N) is 1. The van der Waals surface area contributed by atoms with E-state index in [2.05, 4.69) is 31.2 Å². The van der Waals surface area contributed by atoms with Crippen molar-refractivity contribution in [3.63, 3.8) is 0 Å². The number of amides is 2. The molecule has 1 aliphatic rings. The lowest BCUT2D eigenvalue weighted by Crippen LogP contribution is -2.51.